The molecule has 39 heavy (non-hydrogen) atoms. The van der Waals surface area contributed by atoms with E-state index < -0.39 is 33.7 Å². The van der Waals surface area contributed by atoms with E-state index in [9.17, 15) is 28.8 Å². The highest BCUT2D eigenvalue weighted by Crippen LogP contribution is 2.24. The van der Waals surface area contributed by atoms with Gasteiger partial charge in [-0.1, -0.05) is 0 Å². The topological polar surface area (TPSA) is 184 Å². The molecule has 0 aromatic carbocycles. The molecule has 198 valence electrons. The van der Waals surface area contributed by atoms with Crippen molar-refractivity contribution in [2.75, 3.05) is 0 Å². The highest BCUT2D eigenvalue weighted by molar-refractivity contribution is 5.87. The molecular weight excluding hydrogens is 516 g/mol. The number of aromatic nitrogens is 12. The van der Waals surface area contributed by atoms with Gasteiger partial charge in [0.2, 0.25) is 17.3 Å². The monoisotopic (exact) mass is 534 g/mol. The van der Waals surface area contributed by atoms with E-state index in [-0.39, 0.29) is 50.8 Å². The summed E-state index contributed by atoms with van der Waals surface area (Å²) in [6, 6.07) is 0. The van der Waals surface area contributed by atoms with Gasteiger partial charge in [0.15, 0.2) is 33.5 Å². The summed E-state index contributed by atoms with van der Waals surface area (Å²) in [6.07, 6.45) is 0. The summed E-state index contributed by atoms with van der Waals surface area (Å²) in [6.45, 7) is 0. The number of fused-ring (bicyclic) bond motifs is 12. The minimum atomic E-state index is -0.697. The molecule has 0 aliphatic heterocycles. The molecule has 18 nitrogen and oxygen atoms in total. The lowest BCUT2D eigenvalue weighted by atomic mass is 10.5. The van der Waals surface area contributed by atoms with Crippen LogP contribution in [0.25, 0.3) is 50.8 Å². The summed E-state index contributed by atoms with van der Waals surface area (Å²) in [5.41, 5.74) is -4.26. The van der Waals surface area contributed by atoms with Crippen LogP contribution in [0.1, 0.15) is 0 Å². The van der Waals surface area contributed by atoms with Crippen molar-refractivity contribution in [1.82, 2.24) is 55.6 Å². The zero-order valence-corrected chi connectivity index (χ0v) is 21.3. The number of imidazole rings is 3. The molecule has 7 rings (SSSR count). The van der Waals surface area contributed by atoms with Crippen molar-refractivity contribution < 1.29 is 0 Å². The Morgan fingerprint density at radius 1 is 0.385 bits per heavy atom. The van der Waals surface area contributed by atoms with Gasteiger partial charge in [0.05, 0.1) is 0 Å². The second kappa shape index (κ2) is 6.65. The predicted octanol–water partition coefficient (Wildman–Crippen LogP) is -3.72. The van der Waals surface area contributed by atoms with Gasteiger partial charge in [-0.05, 0) is 0 Å². The molecular formula is C21H18N12O6. The zero-order valence-electron chi connectivity index (χ0n) is 21.3. The van der Waals surface area contributed by atoms with Crippen molar-refractivity contribution in [3.05, 3.63) is 62.5 Å². The summed E-state index contributed by atoms with van der Waals surface area (Å²) >= 11 is 0. The molecule has 0 saturated heterocycles. The third-order valence-corrected chi connectivity index (χ3v) is 7.30. The summed E-state index contributed by atoms with van der Waals surface area (Å²) in [7, 11) is 8.24. The molecule has 0 aliphatic carbocycles. The fraction of sp³-hybridized carbons (Fsp3) is 0.286. The van der Waals surface area contributed by atoms with E-state index in [1.54, 1.807) is 0 Å². The standard InChI is InChI=1S/C21H18N12O6/c1-25-10-7(13(34)28(4)19(25)37)22-16-31(10)17-23-8-11(26(2)20(38)29(5)14(8)35)33(17)18-24-9-12(32(16)18)27(3)21(39)30(6)15(9)36/h1-6H3. The molecule has 0 atom stereocenters. The third kappa shape index (κ3) is 2.30. The maximum Gasteiger partial charge on any atom is 0.332 e. The van der Waals surface area contributed by atoms with Gasteiger partial charge in [-0.3, -0.25) is 41.8 Å². The van der Waals surface area contributed by atoms with Gasteiger partial charge in [0, 0.05) is 42.3 Å². The van der Waals surface area contributed by atoms with Gasteiger partial charge in [-0.15, -0.1) is 0 Å². The Morgan fingerprint density at radius 2 is 0.615 bits per heavy atom. The molecule has 0 N–H and O–H groups in total. The molecule has 0 bridgehead atoms. The van der Waals surface area contributed by atoms with Gasteiger partial charge in [0.1, 0.15) is 0 Å². The van der Waals surface area contributed by atoms with Crippen LogP contribution in [0.5, 0.6) is 0 Å². The number of nitrogens with zero attached hydrogens (tertiary/aromatic N) is 12. The fourth-order valence-corrected chi connectivity index (χ4v) is 5.25. The van der Waals surface area contributed by atoms with E-state index in [1.165, 1.54) is 69.2 Å². The van der Waals surface area contributed by atoms with E-state index >= 15 is 0 Å². The van der Waals surface area contributed by atoms with Crippen LogP contribution < -0.4 is 33.7 Å². The quantitative estimate of drug-likeness (QED) is 0.189. The SMILES string of the molecule is Cn1c(=O)c2nc3n(c2n(C)c1=O)c1nc2c(=O)n(C)c(=O)n(C)c2n1c1nc2c(=O)n(C)c(=O)n(C)c2n31. The predicted molar refractivity (Wildman–Crippen MR) is 137 cm³/mol. The first-order chi connectivity index (χ1) is 18.4. The Hall–Kier alpha value is -5.55. The van der Waals surface area contributed by atoms with Crippen LogP contribution in [0.3, 0.4) is 0 Å². The molecule has 7 aromatic heterocycles. The summed E-state index contributed by atoms with van der Waals surface area (Å²) in [4.78, 5) is 91.7. The molecule has 7 aromatic rings. The van der Waals surface area contributed by atoms with Crippen LogP contribution >= 0.6 is 0 Å². The Bertz CT molecular complexity index is 2370. The highest BCUT2D eigenvalue weighted by atomic mass is 16.2. The number of aryl methyl sites for hydroxylation is 3. The van der Waals surface area contributed by atoms with Gasteiger partial charge in [0.25, 0.3) is 16.7 Å². The summed E-state index contributed by atoms with van der Waals surface area (Å²) < 4.78 is 10.3. The molecule has 0 radical (unpaired) electrons. The van der Waals surface area contributed by atoms with Crippen molar-refractivity contribution in [3.63, 3.8) is 0 Å². The first-order valence-electron chi connectivity index (χ1n) is 11.4. The van der Waals surface area contributed by atoms with Crippen LogP contribution in [0.4, 0.5) is 0 Å². The van der Waals surface area contributed by atoms with E-state index in [2.05, 4.69) is 15.0 Å². The van der Waals surface area contributed by atoms with Crippen molar-refractivity contribution in [1.29, 1.82) is 0 Å². The van der Waals surface area contributed by atoms with Crippen molar-refractivity contribution in [2.45, 2.75) is 0 Å². The molecule has 0 aliphatic rings. The minimum Gasteiger partial charge on any atom is -0.280 e. The summed E-state index contributed by atoms with van der Waals surface area (Å²) in [5, 5.41) is 0. The van der Waals surface area contributed by atoms with E-state index in [4.69, 9.17) is 0 Å². The number of hydrogen-bond donors (Lipinski definition) is 0. The molecule has 0 amide bonds. The Labute approximate surface area is 211 Å². The van der Waals surface area contributed by atoms with Crippen LogP contribution in [0, 0.1) is 0 Å². The number of hydrogen-bond acceptors (Lipinski definition) is 9. The molecule has 0 unspecified atom stereocenters. The van der Waals surface area contributed by atoms with Gasteiger partial charge < -0.3 is 0 Å². The first kappa shape index (κ1) is 22.6. The fourth-order valence-electron chi connectivity index (χ4n) is 5.25. The van der Waals surface area contributed by atoms with Crippen LogP contribution in [0.2, 0.25) is 0 Å². The first-order valence-corrected chi connectivity index (χ1v) is 11.4. The Morgan fingerprint density at radius 3 is 0.846 bits per heavy atom. The summed E-state index contributed by atoms with van der Waals surface area (Å²) in [5.74, 6) is -0.0175. The normalized spacial score (nSPS) is 12.5. The van der Waals surface area contributed by atoms with Crippen molar-refractivity contribution in [2.24, 2.45) is 42.3 Å². The van der Waals surface area contributed by atoms with Crippen LogP contribution in [-0.4, -0.2) is 55.6 Å². The van der Waals surface area contributed by atoms with Crippen molar-refractivity contribution in [3.8, 4) is 0 Å². The van der Waals surface area contributed by atoms with Crippen LogP contribution in [-0.2, 0) is 42.3 Å². The second-order valence-electron chi connectivity index (χ2n) is 9.38. The van der Waals surface area contributed by atoms with E-state index in [0.29, 0.717) is 0 Å². The van der Waals surface area contributed by atoms with E-state index in [1.807, 2.05) is 0 Å². The highest BCUT2D eigenvalue weighted by Gasteiger charge is 2.28. The maximum atomic E-state index is 13.1. The van der Waals surface area contributed by atoms with Crippen molar-refractivity contribution >= 4 is 50.8 Å². The minimum absolute atomic E-state index is 0.00585. The van der Waals surface area contributed by atoms with Crippen LogP contribution in [0.15, 0.2) is 28.8 Å². The zero-order chi connectivity index (χ0) is 28.0. The van der Waals surface area contributed by atoms with E-state index in [0.717, 1.165) is 13.7 Å². The van der Waals surface area contributed by atoms with Gasteiger partial charge >= 0.3 is 17.1 Å². The molecule has 7 heterocycles. The lowest BCUT2D eigenvalue weighted by Gasteiger charge is -2.09. The number of rotatable bonds is 0. The maximum absolute atomic E-state index is 13.1. The Balaban J connectivity index is 2.02. The second-order valence-corrected chi connectivity index (χ2v) is 9.38. The average Bonchev–Trinajstić information content (AvgIpc) is 3.62. The molecule has 0 fully saturated rings. The molecule has 0 spiro atoms. The largest absolute Gasteiger partial charge is 0.332 e. The lowest BCUT2D eigenvalue weighted by Crippen LogP contribution is -2.37. The lowest BCUT2D eigenvalue weighted by molar-refractivity contribution is 0.702. The van der Waals surface area contributed by atoms with Gasteiger partial charge in [-0.25, -0.2) is 42.5 Å². The third-order valence-electron chi connectivity index (χ3n) is 7.30. The van der Waals surface area contributed by atoms with Gasteiger partial charge in [-0.2, -0.15) is 0 Å². The Kier molecular flexibility index (Phi) is 3.86. The molecule has 0 saturated carbocycles. The average molecular weight is 534 g/mol. The smallest absolute Gasteiger partial charge is 0.280 e. The molecule has 18 heteroatoms.